The van der Waals surface area contributed by atoms with Crippen LogP contribution in [0.2, 0.25) is 0 Å². The molecule has 0 bridgehead atoms. The van der Waals surface area contributed by atoms with Crippen molar-refractivity contribution in [1.29, 1.82) is 0 Å². The molecule has 3 saturated carbocycles. The molecule has 0 spiro atoms. The highest BCUT2D eigenvalue weighted by molar-refractivity contribution is 7.53. The van der Waals surface area contributed by atoms with Gasteiger partial charge in [0.1, 0.15) is 12.1 Å². The van der Waals surface area contributed by atoms with E-state index in [4.69, 9.17) is 13.8 Å². The van der Waals surface area contributed by atoms with E-state index in [1.807, 2.05) is 13.0 Å². The van der Waals surface area contributed by atoms with Crippen molar-refractivity contribution >= 4 is 19.2 Å². The second kappa shape index (κ2) is 9.91. The normalized spacial score (nSPS) is 41.9. The average molecular weight is 521 g/mol. The van der Waals surface area contributed by atoms with Gasteiger partial charge in [0.05, 0.1) is 19.3 Å². The zero-order valence-corrected chi connectivity index (χ0v) is 24.1. The third kappa shape index (κ3) is 4.15. The molecular weight excluding hydrogens is 475 g/mol. The first-order valence-corrected chi connectivity index (χ1v) is 15.6. The monoisotopic (exact) mass is 520 g/mol. The minimum atomic E-state index is -3.40. The molecule has 4 rings (SSSR count). The predicted molar refractivity (Wildman–Crippen MR) is 141 cm³/mol. The van der Waals surface area contributed by atoms with E-state index in [2.05, 4.69) is 33.8 Å². The zero-order chi connectivity index (χ0) is 26.5. The Bertz CT molecular complexity index is 992. The number of fused-ring (bicyclic) bond motifs is 5. The van der Waals surface area contributed by atoms with Crippen LogP contribution in [0.4, 0.5) is 0 Å². The van der Waals surface area contributed by atoms with Gasteiger partial charge < -0.3 is 13.8 Å². The molecule has 7 heteroatoms. The molecule has 0 amide bonds. The van der Waals surface area contributed by atoms with E-state index in [9.17, 15) is 14.2 Å². The van der Waals surface area contributed by atoms with Crippen LogP contribution in [-0.4, -0.2) is 37.2 Å². The summed E-state index contributed by atoms with van der Waals surface area (Å²) in [6.07, 6.45) is 9.40. The molecule has 6 nitrogen and oxygen atoms in total. The second-order valence-electron chi connectivity index (χ2n) is 12.0. The Morgan fingerprint density at radius 3 is 2.42 bits per heavy atom. The predicted octanol–water partition coefficient (Wildman–Crippen LogP) is 6.74. The number of rotatable bonds is 9. The van der Waals surface area contributed by atoms with Crippen LogP contribution in [0.3, 0.4) is 0 Å². The summed E-state index contributed by atoms with van der Waals surface area (Å²) in [5, 5.41) is 0. The van der Waals surface area contributed by atoms with Gasteiger partial charge in [-0.05, 0) is 74.9 Å². The molecule has 202 valence electrons. The summed E-state index contributed by atoms with van der Waals surface area (Å²) in [5.41, 5.74) is 0.210. The lowest BCUT2D eigenvalue weighted by atomic mass is 9.44. The van der Waals surface area contributed by atoms with E-state index < -0.39 is 13.0 Å². The number of allylic oxidation sites excluding steroid dienone is 4. The lowest BCUT2D eigenvalue weighted by molar-refractivity contribution is -0.163. The van der Waals surface area contributed by atoms with Crippen LogP contribution in [0.1, 0.15) is 80.6 Å². The fraction of sp³-hybridized carbons (Fsp3) is 0.793. The highest BCUT2D eigenvalue weighted by Gasteiger charge is 2.69. The summed E-state index contributed by atoms with van der Waals surface area (Å²) in [5.74, 6) is 1.53. The molecule has 3 fully saturated rings. The van der Waals surface area contributed by atoms with E-state index >= 15 is 0 Å². The van der Waals surface area contributed by atoms with Crippen LogP contribution in [-0.2, 0) is 27.9 Å². The Hall–Kier alpha value is -1.07. The van der Waals surface area contributed by atoms with Crippen LogP contribution in [0.25, 0.3) is 0 Å². The van der Waals surface area contributed by atoms with E-state index in [0.717, 1.165) is 19.3 Å². The second-order valence-corrected chi connectivity index (χ2v) is 14.0. The first-order chi connectivity index (χ1) is 16.9. The molecule has 0 aliphatic heterocycles. The molecule has 0 saturated heterocycles. The number of carbonyl (C=O) groups excluding carboxylic acids is 2. The molecule has 0 heterocycles. The van der Waals surface area contributed by atoms with Crippen LogP contribution < -0.4 is 0 Å². The summed E-state index contributed by atoms with van der Waals surface area (Å²) in [6.45, 7) is 15.1. The molecule has 0 aromatic carbocycles. The van der Waals surface area contributed by atoms with Crippen molar-refractivity contribution in [1.82, 2.24) is 0 Å². The summed E-state index contributed by atoms with van der Waals surface area (Å²) in [6, 6.07) is 0. The number of ketones is 2. The van der Waals surface area contributed by atoms with Gasteiger partial charge in [-0.1, -0.05) is 46.3 Å². The van der Waals surface area contributed by atoms with Gasteiger partial charge >= 0.3 is 7.60 Å². The van der Waals surface area contributed by atoms with Crippen molar-refractivity contribution in [3.05, 3.63) is 23.8 Å². The maximum absolute atomic E-state index is 13.5. The van der Waals surface area contributed by atoms with Crippen molar-refractivity contribution in [2.45, 2.75) is 86.7 Å². The van der Waals surface area contributed by atoms with Crippen molar-refractivity contribution in [3.8, 4) is 0 Å². The van der Waals surface area contributed by atoms with E-state index in [0.29, 0.717) is 30.5 Å². The average Bonchev–Trinajstić information content (AvgIpc) is 3.04. The minimum Gasteiger partial charge on any atom is -0.365 e. The molecular formula is C29H45O6P. The molecule has 0 radical (unpaired) electrons. The van der Waals surface area contributed by atoms with Crippen molar-refractivity contribution in [2.24, 2.45) is 39.9 Å². The highest BCUT2D eigenvalue weighted by atomic mass is 31.2. The van der Waals surface area contributed by atoms with Crippen LogP contribution in [0, 0.1) is 39.9 Å². The number of ether oxygens (including phenoxy) is 1. The summed E-state index contributed by atoms with van der Waals surface area (Å²) in [7, 11) is -3.40. The summed E-state index contributed by atoms with van der Waals surface area (Å²) >= 11 is 0. The Balaban J connectivity index is 1.77. The van der Waals surface area contributed by atoms with Crippen molar-refractivity contribution < 1.29 is 27.9 Å². The van der Waals surface area contributed by atoms with Gasteiger partial charge in [0, 0.05) is 23.2 Å². The van der Waals surface area contributed by atoms with Gasteiger partial charge in [-0.25, -0.2) is 0 Å². The molecule has 1 unspecified atom stereocenters. The molecule has 0 N–H and O–H groups in total. The van der Waals surface area contributed by atoms with Crippen molar-refractivity contribution in [3.63, 3.8) is 0 Å². The van der Waals surface area contributed by atoms with Gasteiger partial charge in [0.2, 0.25) is 0 Å². The number of Topliss-reactive ketones (excluding diaryl/α,β-unsaturated/α-hetero) is 1. The smallest absolute Gasteiger partial charge is 0.356 e. The number of hydrogen-bond donors (Lipinski definition) is 0. The van der Waals surface area contributed by atoms with Crippen molar-refractivity contribution in [2.75, 3.05) is 19.6 Å². The Morgan fingerprint density at radius 2 is 1.81 bits per heavy atom. The Kier molecular flexibility index (Phi) is 7.69. The zero-order valence-electron chi connectivity index (χ0n) is 23.2. The first-order valence-electron chi connectivity index (χ1n) is 13.9. The topological polar surface area (TPSA) is 78.9 Å². The van der Waals surface area contributed by atoms with Crippen LogP contribution in [0.5, 0.6) is 0 Å². The van der Waals surface area contributed by atoms with E-state index in [-0.39, 0.29) is 54.1 Å². The highest BCUT2D eigenvalue weighted by Crippen LogP contribution is 2.71. The van der Waals surface area contributed by atoms with E-state index in [1.54, 1.807) is 19.9 Å². The lowest BCUT2D eigenvalue weighted by Crippen LogP contribution is -2.59. The Morgan fingerprint density at radius 1 is 1.14 bits per heavy atom. The number of carbonyl (C=O) groups is 2. The van der Waals surface area contributed by atoms with Gasteiger partial charge in [-0.3, -0.25) is 14.2 Å². The third-order valence-electron chi connectivity index (χ3n) is 10.6. The summed E-state index contributed by atoms with van der Waals surface area (Å²) in [4.78, 5) is 25.8. The maximum Gasteiger partial charge on any atom is 0.356 e. The fourth-order valence-electron chi connectivity index (χ4n) is 8.66. The largest absolute Gasteiger partial charge is 0.365 e. The van der Waals surface area contributed by atoms with Gasteiger partial charge in [0.15, 0.2) is 5.78 Å². The lowest BCUT2D eigenvalue weighted by Gasteiger charge is -2.61. The molecule has 4 aliphatic carbocycles. The molecule has 4 aliphatic rings. The van der Waals surface area contributed by atoms with Gasteiger partial charge in [-0.2, -0.15) is 0 Å². The minimum absolute atomic E-state index is 0.0480. The van der Waals surface area contributed by atoms with Gasteiger partial charge in [0.25, 0.3) is 0 Å². The summed E-state index contributed by atoms with van der Waals surface area (Å²) < 4.78 is 31.1. The van der Waals surface area contributed by atoms with Crippen LogP contribution >= 0.6 is 7.60 Å². The fourth-order valence-corrected chi connectivity index (χ4v) is 10.0. The molecule has 0 aromatic rings. The molecule has 8 atom stereocenters. The number of hydrogen-bond acceptors (Lipinski definition) is 6. The quantitative estimate of drug-likeness (QED) is 0.313. The van der Waals surface area contributed by atoms with Crippen LogP contribution in [0.15, 0.2) is 23.8 Å². The first kappa shape index (κ1) is 28.0. The maximum atomic E-state index is 13.5. The van der Waals surface area contributed by atoms with E-state index in [1.165, 1.54) is 5.57 Å². The van der Waals surface area contributed by atoms with Gasteiger partial charge in [-0.15, -0.1) is 0 Å². The molecule has 0 aromatic heterocycles. The standard InChI is InChI=1S/C29H45O6P/c1-8-25(31)29(7)19(4)15-23-22-12-11-20-16-21(30)13-14-27(20,5)26(22)24(17-28(23,29)6)33-18-36(32,34-9-2)35-10-3/h13-14,16,19,22-24,26H,8-12,15,17-18H2,1-7H3/t19-,22+,23+,24?,26-,27+,28+,29-/m1/s1. The SMILES string of the molecule is CCOP(=O)(COC1C[C@@]2(C)[C@@H](C[C@@H](C)[C@]2(C)C(=O)CC)[C@@H]2CCC3=CC(=O)C=C[C@]3(C)[C@@H]12)OCC. The third-order valence-corrected chi connectivity index (χ3v) is 12.4. The Labute approximate surface area is 217 Å². The molecule has 36 heavy (non-hydrogen) atoms.